The van der Waals surface area contributed by atoms with Gasteiger partial charge in [0, 0.05) is 18.2 Å². The van der Waals surface area contributed by atoms with Crippen molar-refractivity contribution in [1.82, 2.24) is 9.38 Å². The molecular weight excluding hydrogens is 298 g/mol. The zero-order valence-electron chi connectivity index (χ0n) is 14.6. The highest BCUT2D eigenvalue weighted by Crippen LogP contribution is 2.30. The zero-order chi connectivity index (χ0) is 17.3. The van der Waals surface area contributed by atoms with Crippen molar-refractivity contribution in [2.45, 2.75) is 34.1 Å². The van der Waals surface area contributed by atoms with E-state index in [-0.39, 0.29) is 11.3 Å². The second kappa shape index (κ2) is 6.11. The topological polar surface area (TPSA) is 46.4 Å². The number of pyridine rings is 1. The summed E-state index contributed by atoms with van der Waals surface area (Å²) in [5, 5.41) is 3.08. The average molecular weight is 321 g/mol. The Hall–Kier alpha value is -2.62. The Bertz CT molecular complexity index is 873. The van der Waals surface area contributed by atoms with Crippen molar-refractivity contribution in [2.24, 2.45) is 5.41 Å². The molecule has 2 aromatic heterocycles. The van der Waals surface area contributed by atoms with E-state index in [0.29, 0.717) is 6.42 Å². The van der Waals surface area contributed by atoms with Crippen LogP contribution in [0, 0.1) is 12.3 Å². The van der Waals surface area contributed by atoms with Crippen LogP contribution in [0.25, 0.3) is 16.9 Å². The van der Waals surface area contributed by atoms with Gasteiger partial charge < -0.3 is 5.32 Å². The fraction of sp³-hybridized carbons (Fsp3) is 0.300. The molecule has 0 aliphatic heterocycles. The van der Waals surface area contributed by atoms with Gasteiger partial charge in [-0.25, -0.2) is 4.98 Å². The van der Waals surface area contributed by atoms with E-state index >= 15 is 0 Å². The van der Waals surface area contributed by atoms with Crippen LogP contribution in [0.2, 0.25) is 0 Å². The number of aryl methyl sites for hydroxylation is 1. The van der Waals surface area contributed by atoms with E-state index in [9.17, 15) is 4.79 Å². The summed E-state index contributed by atoms with van der Waals surface area (Å²) in [6, 6.07) is 13.9. The molecular formula is C20H23N3O. The summed E-state index contributed by atoms with van der Waals surface area (Å²) in [5.74, 6) is 0.733. The van der Waals surface area contributed by atoms with Crippen LogP contribution in [0.15, 0.2) is 48.7 Å². The number of hydrogen-bond acceptors (Lipinski definition) is 2. The Morgan fingerprint density at radius 2 is 1.83 bits per heavy atom. The lowest BCUT2D eigenvalue weighted by Crippen LogP contribution is -2.20. The van der Waals surface area contributed by atoms with Crippen molar-refractivity contribution >= 4 is 17.4 Å². The van der Waals surface area contributed by atoms with Gasteiger partial charge in [0.1, 0.15) is 17.2 Å². The van der Waals surface area contributed by atoms with Crippen LogP contribution in [0.3, 0.4) is 0 Å². The standard InChI is InChI=1S/C20H23N3O/c1-14-9-8-12-23-18(14)22-17(15-10-6-5-7-11-15)19(23)21-16(24)13-20(2,3)4/h5-12H,13H2,1-4H3,(H,21,24). The maximum Gasteiger partial charge on any atom is 0.226 e. The maximum atomic E-state index is 12.5. The van der Waals surface area contributed by atoms with Gasteiger partial charge in [-0.3, -0.25) is 9.20 Å². The molecule has 0 aliphatic carbocycles. The van der Waals surface area contributed by atoms with Crippen molar-refractivity contribution in [3.8, 4) is 11.3 Å². The van der Waals surface area contributed by atoms with Gasteiger partial charge in [-0.1, -0.05) is 57.2 Å². The number of rotatable bonds is 3. The molecule has 1 aromatic carbocycles. The fourth-order valence-corrected chi connectivity index (χ4v) is 2.78. The third-order valence-corrected chi connectivity index (χ3v) is 3.84. The van der Waals surface area contributed by atoms with Crippen LogP contribution in [0.5, 0.6) is 0 Å². The van der Waals surface area contributed by atoms with E-state index in [2.05, 4.69) is 26.1 Å². The van der Waals surface area contributed by atoms with Gasteiger partial charge in [0.25, 0.3) is 0 Å². The van der Waals surface area contributed by atoms with E-state index in [1.165, 1.54) is 0 Å². The first-order valence-corrected chi connectivity index (χ1v) is 8.18. The lowest BCUT2D eigenvalue weighted by atomic mass is 9.92. The molecule has 0 bridgehead atoms. The van der Waals surface area contributed by atoms with Gasteiger partial charge in [0.2, 0.25) is 5.91 Å². The molecule has 0 radical (unpaired) electrons. The fourth-order valence-electron chi connectivity index (χ4n) is 2.78. The molecule has 2 heterocycles. The Labute approximate surface area is 142 Å². The molecule has 0 spiro atoms. The Balaban J connectivity index is 2.10. The van der Waals surface area contributed by atoms with E-state index in [1.807, 2.05) is 60.0 Å². The number of fused-ring (bicyclic) bond motifs is 1. The number of benzene rings is 1. The first-order valence-electron chi connectivity index (χ1n) is 8.18. The number of aromatic nitrogens is 2. The quantitative estimate of drug-likeness (QED) is 0.761. The van der Waals surface area contributed by atoms with Crippen molar-refractivity contribution < 1.29 is 4.79 Å². The molecule has 24 heavy (non-hydrogen) atoms. The maximum absolute atomic E-state index is 12.5. The smallest absolute Gasteiger partial charge is 0.226 e. The molecule has 1 amide bonds. The molecule has 0 atom stereocenters. The summed E-state index contributed by atoms with van der Waals surface area (Å²) >= 11 is 0. The number of imidazole rings is 1. The Morgan fingerprint density at radius 1 is 1.12 bits per heavy atom. The summed E-state index contributed by atoms with van der Waals surface area (Å²) in [7, 11) is 0. The van der Waals surface area contributed by atoms with Crippen molar-refractivity contribution in [2.75, 3.05) is 5.32 Å². The minimum Gasteiger partial charge on any atom is -0.310 e. The van der Waals surface area contributed by atoms with E-state index < -0.39 is 0 Å². The lowest BCUT2D eigenvalue weighted by molar-refractivity contribution is -0.117. The predicted molar refractivity (Wildman–Crippen MR) is 98.1 cm³/mol. The monoisotopic (exact) mass is 321 g/mol. The average Bonchev–Trinajstić information content (AvgIpc) is 2.86. The zero-order valence-corrected chi connectivity index (χ0v) is 14.6. The molecule has 124 valence electrons. The largest absolute Gasteiger partial charge is 0.310 e. The first-order chi connectivity index (χ1) is 11.3. The minimum absolute atomic E-state index is 0.00277. The van der Waals surface area contributed by atoms with Gasteiger partial charge in [-0.05, 0) is 24.0 Å². The normalized spacial score (nSPS) is 11.7. The molecule has 4 heteroatoms. The van der Waals surface area contributed by atoms with Crippen LogP contribution in [0.4, 0.5) is 5.82 Å². The van der Waals surface area contributed by atoms with Gasteiger partial charge in [0.05, 0.1) is 0 Å². The summed E-state index contributed by atoms with van der Waals surface area (Å²) in [6.45, 7) is 8.20. The number of carbonyl (C=O) groups excluding carboxylic acids is 1. The second-order valence-corrected chi connectivity index (χ2v) is 7.35. The van der Waals surface area contributed by atoms with Gasteiger partial charge >= 0.3 is 0 Å². The number of nitrogens with zero attached hydrogens (tertiary/aromatic N) is 2. The molecule has 1 N–H and O–H groups in total. The van der Waals surface area contributed by atoms with Crippen LogP contribution in [-0.4, -0.2) is 15.3 Å². The van der Waals surface area contributed by atoms with Gasteiger partial charge in [-0.2, -0.15) is 0 Å². The minimum atomic E-state index is -0.0621. The van der Waals surface area contributed by atoms with E-state index in [0.717, 1.165) is 28.3 Å². The third-order valence-electron chi connectivity index (χ3n) is 3.84. The highest BCUT2D eigenvalue weighted by Gasteiger charge is 2.20. The molecule has 0 saturated heterocycles. The second-order valence-electron chi connectivity index (χ2n) is 7.35. The van der Waals surface area contributed by atoms with Crippen molar-refractivity contribution in [3.05, 3.63) is 54.2 Å². The van der Waals surface area contributed by atoms with Crippen LogP contribution in [0.1, 0.15) is 32.8 Å². The number of nitrogens with one attached hydrogen (secondary N) is 1. The third kappa shape index (κ3) is 3.32. The summed E-state index contributed by atoms with van der Waals surface area (Å²) in [6.07, 6.45) is 2.40. The Kier molecular flexibility index (Phi) is 4.14. The number of anilines is 1. The number of carbonyl (C=O) groups is 1. The highest BCUT2D eigenvalue weighted by atomic mass is 16.1. The van der Waals surface area contributed by atoms with Crippen LogP contribution in [-0.2, 0) is 4.79 Å². The summed E-state index contributed by atoms with van der Waals surface area (Å²) < 4.78 is 1.96. The highest BCUT2D eigenvalue weighted by molar-refractivity contribution is 5.95. The van der Waals surface area contributed by atoms with Crippen LogP contribution >= 0.6 is 0 Å². The SMILES string of the molecule is Cc1cccn2c(NC(=O)CC(C)(C)C)c(-c3ccccc3)nc12. The molecule has 0 fully saturated rings. The molecule has 0 aliphatic rings. The van der Waals surface area contributed by atoms with Gasteiger partial charge in [-0.15, -0.1) is 0 Å². The lowest BCUT2D eigenvalue weighted by Gasteiger charge is -2.17. The van der Waals surface area contributed by atoms with Crippen LogP contribution < -0.4 is 5.32 Å². The van der Waals surface area contributed by atoms with E-state index in [1.54, 1.807) is 0 Å². The van der Waals surface area contributed by atoms with Gasteiger partial charge in [0.15, 0.2) is 0 Å². The molecule has 3 aromatic rings. The number of amides is 1. The first kappa shape index (κ1) is 16.2. The number of hydrogen-bond donors (Lipinski definition) is 1. The Morgan fingerprint density at radius 3 is 2.50 bits per heavy atom. The molecule has 0 unspecified atom stereocenters. The summed E-state index contributed by atoms with van der Waals surface area (Å²) in [4.78, 5) is 17.3. The molecule has 3 rings (SSSR count). The molecule has 0 saturated carbocycles. The van der Waals surface area contributed by atoms with Crippen molar-refractivity contribution in [1.29, 1.82) is 0 Å². The summed E-state index contributed by atoms with van der Waals surface area (Å²) in [5.41, 5.74) is 3.67. The van der Waals surface area contributed by atoms with E-state index in [4.69, 9.17) is 4.98 Å². The molecule has 4 nitrogen and oxygen atoms in total. The van der Waals surface area contributed by atoms with Crippen molar-refractivity contribution in [3.63, 3.8) is 0 Å². The predicted octanol–water partition coefficient (Wildman–Crippen LogP) is 4.68.